The van der Waals surface area contributed by atoms with Crippen molar-refractivity contribution in [2.24, 2.45) is 0 Å². The molecule has 3 N–H and O–H groups in total. The monoisotopic (exact) mass is 353 g/mol. The first-order valence-corrected chi connectivity index (χ1v) is 7.42. The molecule has 2 aromatic rings. The second kappa shape index (κ2) is 6.19. The summed E-state index contributed by atoms with van der Waals surface area (Å²) in [6.07, 6.45) is -3.96. The van der Waals surface area contributed by atoms with Crippen molar-refractivity contribution in [2.75, 3.05) is 11.9 Å². The third-order valence-electron chi connectivity index (χ3n) is 3.79. The van der Waals surface area contributed by atoms with Crippen molar-refractivity contribution in [3.05, 3.63) is 29.5 Å². The first-order valence-electron chi connectivity index (χ1n) is 7.42. The number of aryl methyl sites for hydroxylation is 1. The number of aromatic hydroxyl groups is 1. The molecule has 1 fully saturated rings. The highest BCUT2D eigenvalue weighted by Crippen LogP contribution is 2.36. The molecule has 1 saturated heterocycles. The summed E-state index contributed by atoms with van der Waals surface area (Å²) in [5.41, 5.74) is -0.355. The number of carbonyl (C=O) groups is 1. The summed E-state index contributed by atoms with van der Waals surface area (Å²) in [4.78, 5) is 15.7. The van der Waals surface area contributed by atoms with E-state index in [-0.39, 0.29) is 23.1 Å². The lowest BCUT2D eigenvalue weighted by atomic mass is 10.1. The largest absolute Gasteiger partial charge is 0.507 e. The summed E-state index contributed by atoms with van der Waals surface area (Å²) in [5, 5.41) is 23.2. The molecular weight excluding hydrogens is 339 g/mol. The lowest BCUT2D eigenvalue weighted by Crippen LogP contribution is -2.30. The van der Waals surface area contributed by atoms with Crippen LogP contribution in [0.25, 0.3) is 11.3 Å². The normalized spacial score (nSPS) is 17.4. The molecule has 7 nitrogen and oxygen atoms in total. The van der Waals surface area contributed by atoms with E-state index in [0.717, 1.165) is 12.1 Å². The third-order valence-corrected chi connectivity index (χ3v) is 3.79. The van der Waals surface area contributed by atoms with Gasteiger partial charge in [-0.1, -0.05) is 0 Å². The van der Waals surface area contributed by atoms with Crippen LogP contribution in [0.3, 0.4) is 0 Å². The summed E-state index contributed by atoms with van der Waals surface area (Å²) in [6, 6.07) is 2.15. The van der Waals surface area contributed by atoms with Crippen LogP contribution < -0.4 is 10.6 Å². The van der Waals surface area contributed by atoms with Crippen LogP contribution in [0.15, 0.2) is 18.2 Å². The van der Waals surface area contributed by atoms with E-state index in [1.807, 2.05) is 0 Å². The number of hydrogen-bond acceptors (Lipinski definition) is 6. The molecule has 1 atom stereocenters. The first kappa shape index (κ1) is 16.9. The van der Waals surface area contributed by atoms with Crippen LogP contribution in [0.1, 0.15) is 17.7 Å². The van der Waals surface area contributed by atoms with Gasteiger partial charge in [0, 0.05) is 12.1 Å². The average Bonchev–Trinajstić information content (AvgIpc) is 2.92. The molecule has 1 aliphatic rings. The first-order chi connectivity index (χ1) is 11.8. The number of halogens is 3. The number of nitrogens with one attached hydrogen (secondary N) is 2. The molecule has 10 heteroatoms. The minimum Gasteiger partial charge on any atom is -0.507 e. The number of carbonyl (C=O) groups excluding carboxylic acids is 1. The van der Waals surface area contributed by atoms with E-state index in [2.05, 4.69) is 25.8 Å². The Morgan fingerprint density at radius 1 is 1.32 bits per heavy atom. The van der Waals surface area contributed by atoms with Crippen molar-refractivity contribution in [1.29, 1.82) is 0 Å². The summed E-state index contributed by atoms with van der Waals surface area (Å²) < 4.78 is 38.0. The fourth-order valence-corrected chi connectivity index (χ4v) is 2.51. The Morgan fingerprint density at radius 2 is 2.08 bits per heavy atom. The maximum atomic E-state index is 12.7. The highest BCUT2D eigenvalue weighted by Gasteiger charge is 2.31. The zero-order valence-electron chi connectivity index (χ0n) is 13.1. The Hall–Kier alpha value is -2.91. The molecule has 0 radical (unpaired) electrons. The minimum absolute atomic E-state index is 0.0932. The maximum Gasteiger partial charge on any atom is 0.416 e. The van der Waals surface area contributed by atoms with Crippen molar-refractivity contribution in [3.8, 4) is 17.0 Å². The number of aromatic nitrogens is 3. The topological polar surface area (TPSA) is 100 Å². The predicted molar refractivity (Wildman–Crippen MR) is 81.7 cm³/mol. The molecular formula is C15H14F3N5O2. The number of benzene rings is 1. The van der Waals surface area contributed by atoms with Crippen LogP contribution >= 0.6 is 0 Å². The van der Waals surface area contributed by atoms with Crippen molar-refractivity contribution in [2.45, 2.75) is 25.6 Å². The summed E-state index contributed by atoms with van der Waals surface area (Å²) in [7, 11) is 0. The molecule has 1 aromatic heterocycles. The molecule has 1 aliphatic heterocycles. The van der Waals surface area contributed by atoms with Gasteiger partial charge in [0.25, 0.3) is 0 Å². The zero-order chi connectivity index (χ0) is 18.2. The molecule has 1 amide bonds. The van der Waals surface area contributed by atoms with E-state index in [1.54, 1.807) is 6.92 Å². The van der Waals surface area contributed by atoms with Gasteiger partial charge in [-0.3, -0.25) is 4.79 Å². The third kappa shape index (κ3) is 3.47. The van der Waals surface area contributed by atoms with Gasteiger partial charge < -0.3 is 15.7 Å². The molecule has 0 bridgehead atoms. The second-order valence-electron chi connectivity index (χ2n) is 5.58. The van der Waals surface area contributed by atoms with Crippen LogP contribution in [-0.2, 0) is 11.0 Å². The summed E-state index contributed by atoms with van der Waals surface area (Å²) >= 11 is 0. The Kier molecular flexibility index (Phi) is 4.19. The van der Waals surface area contributed by atoms with E-state index < -0.39 is 23.5 Å². The van der Waals surface area contributed by atoms with Crippen LogP contribution in [-0.4, -0.2) is 38.8 Å². The molecule has 0 spiro atoms. The fraction of sp³-hybridized carbons (Fsp3) is 0.333. The Morgan fingerprint density at radius 3 is 2.64 bits per heavy atom. The van der Waals surface area contributed by atoms with Gasteiger partial charge in [0.1, 0.15) is 17.5 Å². The van der Waals surface area contributed by atoms with Crippen LogP contribution in [0.4, 0.5) is 19.1 Å². The number of alkyl halides is 3. The highest BCUT2D eigenvalue weighted by atomic mass is 19.4. The highest BCUT2D eigenvalue weighted by molar-refractivity contribution is 5.86. The number of phenolic OH excluding ortho intramolecular Hbond substituents is 1. The van der Waals surface area contributed by atoms with Crippen molar-refractivity contribution in [1.82, 2.24) is 20.5 Å². The molecule has 2 heterocycles. The lowest BCUT2D eigenvalue weighted by molar-refractivity contribution is -0.137. The number of rotatable bonds is 3. The van der Waals surface area contributed by atoms with Crippen molar-refractivity contribution < 1.29 is 23.1 Å². The zero-order valence-corrected chi connectivity index (χ0v) is 13.1. The van der Waals surface area contributed by atoms with Crippen LogP contribution in [0.5, 0.6) is 5.75 Å². The Labute approximate surface area is 140 Å². The molecule has 0 saturated carbocycles. The van der Waals surface area contributed by atoms with Gasteiger partial charge in [-0.2, -0.15) is 13.2 Å². The van der Waals surface area contributed by atoms with E-state index in [9.17, 15) is 23.1 Å². The van der Waals surface area contributed by atoms with Gasteiger partial charge >= 0.3 is 6.18 Å². The number of phenols is 1. The molecule has 132 valence electrons. The van der Waals surface area contributed by atoms with Gasteiger partial charge in [-0.15, -0.1) is 10.2 Å². The van der Waals surface area contributed by atoms with Crippen LogP contribution in [0.2, 0.25) is 0 Å². The smallest absolute Gasteiger partial charge is 0.416 e. The maximum absolute atomic E-state index is 12.7. The molecule has 0 unspecified atom stereocenters. The summed E-state index contributed by atoms with van der Waals surface area (Å²) in [6.45, 7) is 2.14. The van der Waals surface area contributed by atoms with Gasteiger partial charge in [0.2, 0.25) is 11.9 Å². The standard InChI is InChI=1S/C15H14F3N5O2/c1-7-12(9-3-2-8(6-11(9)24)15(16,17)18)22-23-14(20-7)21-10-4-5-19-13(10)25/h2-3,6,10,24H,4-5H2,1H3,(H,19,25)(H,20,21,23)/t10-/m0/s1. The molecule has 0 aliphatic carbocycles. The van der Waals surface area contributed by atoms with Gasteiger partial charge in [-0.25, -0.2) is 4.98 Å². The van der Waals surface area contributed by atoms with Gasteiger partial charge in [-0.05, 0) is 31.5 Å². The van der Waals surface area contributed by atoms with E-state index in [1.165, 1.54) is 0 Å². The van der Waals surface area contributed by atoms with E-state index in [4.69, 9.17) is 0 Å². The van der Waals surface area contributed by atoms with Crippen LogP contribution in [0, 0.1) is 6.92 Å². The molecule has 3 rings (SSSR count). The summed E-state index contributed by atoms with van der Waals surface area (Å²) in [5.74, 6) is -0.592. The SMILES string of the molecule is Cc1nc(N[C@H]2CCNC2=O)nnc1-c1ccc(C(F)(F)F)cc1O. The average molecular weight is 353 g/mol. The Balaban J connectivity index is 1.87. The van der Waals surface area contributed by atoms with E-state index >= 15 is 0 Å². The van der Waals surface area contributed by atoms with E-state index in [0.29, 0.717) is 24.7 Å². The number of anilines is 1. The second-order valence-corrected chi connectivity index (χ2v) is 5.58. The quantitative estimate of drug-likeness (QED) is 0.779. The van der Waals surface area contributed by atoms with Crippen molar-refractivity contribution >= 4 is 11.9 Å². The Bertz CT molecular complexity index is 825. The predicted octanol–water partition coefficient (Wildman–Crippen LogP) is 1.87. The van der Waals surface area contributed by atoms with Crippen molar-refractivity contribution in [3.63, 3.8) is 0 Å². The molecule has 25 heavy (non-hydrogen) atoms. The van der Waals surface area contributed by atoms with Gasteiger partial charge in [0.05, 0.1) is 11.3 Å². The minimum atomic E-state index is -4.55. The van der Waals surface area contributed by atoms with Gasteiger partial charge in [0.15, 0.2) is 0 Å². The number of amides is 1. The fourth-order valence-electron chi connectivity index (χ4n) is 2.51. The molecule has 1 aromatic carbocycles. The number of hydrogen-bond donors (Lipinski definition) is 3. The lowest BCUT2D eigenvalue weighted by Gasteiger charge is -2.12. The number of nitrogens with zero attached hydrogens (tertiary/aromatic N) is 3.